The molecule has 0 spiro atoms. The minimum Gasteiger partial charge on any atom is -0.409 e. The number of hydrogen-bond acceptors (Lipinski definition) is 4. The fourth-order valence-corrected chi connectivity index (χ4v) is 1.07. The first-order chi connectivity index (χ1) is 7.39. The largest absolute Gasteiger partial charge is 0.409 e. The van der Waals surface area contributed by atoms with E-state index < -0.39 is 12.7 Å². The zero-order chi connectivity index (χ0) is 12.6. The van der Waals surface area contributed by atoms with E-state index in [-0.39, 0.29) is 32.0 Å². The predicted molar refractivity (Wildman–Crippen MR) is 52.4 cm³/mol. The third kappa shape index (κ3) is 8.30. The van der Waals surface area contributed by atoms with Crippen LogP contribution >= 0.6 is 0 Å². The van der Waals surface area contributed by atoms with Crippen LogP contribution < -0.4 is 5.73 Å². The van der Waals surface area contributed by atoms with Gasteiger partial charge in [0.15, 0.2) is 0 Å². The molecule has 0 aromatic heterocycles. The molecule has 0 aliphatic carbocycles. The first-order valence-corrected chi connectivity index (χ1v) is 4.63. The summed E-state index contributed by atoms with van der Waals surface area (Å²) in [6, 6.07) is 0. The number of amidine groups is 1. The van der Waals surface area contributed by atoms with Crippen molar-refractivity contribution < 1.29 is 23.1 Å². The Labute approximate surface area is 91.6 Å². The van der Waals surface area contributed by atoms with E-state index in [1.54, 1.807) is 0 Å². The van der Waals surface area contributed by atoms with Crippen LogP contribution in [0.25, 0.3) is 0 Å². The van der Waals surface area contributed by atoms with Crippen molar-refractivity contribution in [3.8, 4) is 0 Å². The molecule has 0 saturated carbocycles. The molecular formula is C8H16F3N3O2. The summed E-state index contributed by atoms with van der Waals surface area (Å²) in [6.45, 7) is -0.616. The van der Waals surface area contributed by atoms with Crippen LogP contribution in [0.15, 0.2) is 5.16 Å². The number of oxime groups is 1. The lowest BCUT2D eigenvalue weighted by Gasteiger charge is -2.22. The van der Waals surface area contributed by atoms with Gasteiger partial charge in [-0.05, 0) is 0 Å². The van der Waals surface area contributed by atoms with Crippen LogP contribution in [0.5, 0.6) is 0 Å². The third-order valence-corrected chi connectivity index (χ3v) is 1.83. The van der Waals surface area contributed by atoms with Crippen molar-refractivity contribution in [2.75, 3.05) is 33.4 Å². The predicted octanol–water partition coefficient (Wildman–Crippen LogP) is 0.634. The molecule has 0 unspecified atom stereocenters. The van der Waals surface area contributed by atoms with Gasteiger partial charge >= 0.3 is 6.18 Å². The highest BCUT2D eigenvalue weighted by molar-refractivity contribution is 5.79. The van der Waals surface area contributed by atoms with E-state index in [2.05, 4.69) is 5.16 Å². The van der Waals surface area contributed by atoms with Crippen molar-refractivity contribution in [2.24, 2.45) is 10.9 Å². The van der Waals surface area contributed by atoms with Gasteiger partial charge in [0.05, 0.1) is 13.2 Å². The van der Waals surface area contributed by atoms with E-state index in [4.69, 9.17) is 15.7 Å². The van der Waals surface area contributed by atoms with Crippen LogP contribution in [0, 0.1) is 0 Å². The Hall–Kier alpha value is -1.02. The Bertz CT molecular complexity index is 221. The first-order valence-electron chi connectivity index (χ1n) is 4.63. The van der Waals surface area contributed by atoms with Crippen LogP contribution in [-0.4, -0.2) is 55.5 Å². The number of hydrogen-bond donors (Lipinski definition) is 2. The molecule has 0 atom stereocenters. The van der Waals surface area contributed by atoms with E-state index in [1.807, 2.05) is 0 Å². The Morgan fingerprint density at radius 2 is 2.06 bits per heavy atom. The quantitative estimate of drug-likeness (QED) is 0.298. The molecule has 0 fully saturated rings. The van der Waals surface area contributed by atoms with Crippen LogP contribution in [-0.2, 0) is 4.74 Å². The van der Waals surface area contributed by atoms with Crippen LogP contribution in [0.4, 0.5) is 13.2 Å². The average Bonchev–Trinajstić information content (AvgIpc) is 2.19. The van der Waals surface area contributed by atoms with Crippen molar-refractivity contribution >= 4 is 5.84 Å². The van der Waals surface area contributed by atoms with Crippen molar-refractivity contribution in [1.29, 1.82) is 0 Å². The third-order valence-electron chi connectivity index (χ3n) is 1.83. The Morgan fingerprint density at radius 3 is 2.50 bits per heavy atom. The molecule has 0 saturated heterocycles. The molecule has 0 heterocycles. The van der Waals surface area contributed by atoms with E-state index in [0.717, 1.165) is 4.90 Å². The average molecular weight is 243 g/mol. The zero-order valence-electron chi connectivity index (χ0n) is 9.00. The number of rotatable bonds is 7. The first kappa shape index (κ1) is 15.0. The van der Waals surface area contributed by atoms with E-state index in [9.17, 15) is 13.2 Å². The van der Waals surface area contributed by atoms with Crippen LogP contribution in [0.2, 0.25) is 0 Å². The normalized spacial score (nSPS) is 13.4. The van der Waals surface area contributed by atoms with Crippen molar-refractivity contribution in [1.82, 2.24) is 4.90 Å². The van der Waals surface area contributed by atoms with E-state index >= 15 is 0 Å². The fraction of sp³-hybridized carbons (Fsp3) is 0.875. The molecule has 3 N–H and O–H groups in total. The Kier molecular flexibility index (Phi) is 6.82. The Morgan fingerprint density at radius 1 is 1.44 bits per heavy atom. The molecule has 96 valence electrons. The molecule has 8 heteroatoms. The topological polar surface area (TPSA) is 71.1 Å². The van der Waals surface area contributed by atoms with Gasteiger partial charge in [0.25, 0.3) is 0 Å². The van der Waals surface area contributed by atoms with Gasteiger partial charge in [-0.2, -0.15) is 13.2 Å². The molecule has 0 aromatic rings. The second-order valence-corrected chi connectivity index (χ2v) is 3.23. The van der Waals surface area contributed by atoms with Gasteiger partial charge < -0.3 is 15.7 Å². The summed E-state index contributed by atoms with van der Waals surface area (Å²) in [5.74, 6) is -0.0930. The van der Waals surface area contributed by atoms with Gasteiger partial charge in [-0.25, -0.2) is 0 Å². The lowest BCUT2D eigenvalue weighted by Crippen LogP contribution is -2.38. The number of ether oxygens (including phenoxy) is 1. The summed E-state index contributed by atoms with van der Waals surface area (Å²) in [5.41, 5.74) is 5.17. The standard InChI is InChI=1S/C8H16F3N3O2/c1-16-5-4-14(6-8(9,10)11)3-2-7(12)13-15/h15H,2-6H2,1H3,(H2,12,13). The second-order valence-electron chi connectivity index (χ2n) is 3.23. The molecular weight excluding hydrogens is 227 g/mol. The van der Waals surface area contributed by atoms with Crippen molar-refractivity contribution in [2.45, 2.75) is 12.6 Å². The van der Waals surface area contributed by atoms with Crippen LogP contribution in [0.3, 0.4) is 0 Å². The summed E-state index contributed by atoms with van der Waals surface area (Å²) in [4.78, 5) is 1.14. The number of methoxy groups -OCH3 is 1. The molecule has 0 rings (SSSR count). The monoisotopic (exact) mass is 243 g/mol. The lowest BCUT2D eigenvalue weighted by atomic mass is 10.3. The van der Waals surface area contributed by atoms with Gasteiger partial charge in [-0.15, -0.1) is 0 Å². The van der Waals surface area contributed by atoms with Crippen molar-refractivity contribution in [3.05, 3.63) is 0 Å². The molecule has 0 aliphatic heterocycles. The van der Waals surface area contributed by atoms with E-state index in [1.165, 1.54) is 7.11 Å². The summed E-state index contributed by atoms with van der Waals surface area (Å²) < 4.78 is 41.1. The lowest BCUT2D eigenvalue weighted by molar-refractivity contribution is -0.146. The minimum absolute atomic E-state index is 0.0682. The van der Waals surface area contributed by atoms with E-state index in [0.29, 0.717) is 0 Å². The molecule has 0 aromatic carbocycles. The summed E-state index contributed by atoms with van der Waals surface area (Å²) in [5, 5.41) is 10.9. The fourth-order valence-electron chi connectivity index (χ4n) is 1.07. The van der Waals surface area contributed by atoms with Gasteiger partial charge in [0.2, 0.25) is 0 Å². The minimum atomic E-state index is -4.27. The maximum absolute atomic E-state index is 12.1. The van der Waals surface area contributed by atoms with Gasteiger partial charge in [0.1, 0.15) is 5.84 Å². The number of alkyl halides is 3. The maximum Gasteiger partial charge on any atom is 0.401 e. The number of nitrogens with zero attached hydrogens (tertiary/aromatic N) is 2. The molecule has 0 amide bonds. The van der Waals surface area contributed by atoms with Gasteiger partial charge in [-0.1, -0.05) is 5.16 Å². The second kappa shape index (κ2) is 7.29. The summed E-state index contributed by atoms with van der Waals surface area (Å²) in [7, 11) is 1.41. The van der Waals surface area contributed by atoms with Gasteiger partial charge in [0, 0.05) is 26.6 Å². The molecule has 0 aliphatic rings. The smallest absolute Gasteiger partial charge is 0.401 e. The molecule has 5 nitrogen and oxygen atoms in total. The summed E-state index contributed by atoms with van der Waals surface area (Å²) in [6.07, 6.45) is -4.19. The molecule has 0 bridgehead atoms. The SMILES string of the molecule is COCCN(CCC(N)=NO)CC(F)(F)F. The number of nitrogens with two attached hydrogens (primary N) is 1. The molecule has 0 radical (unpaired) electrons. The number of halogens is 3. The summed E-state index contributed by atoms with van der Waals surface area (Å²) >= 11 is 0. The Balaban J connectivity index is 4.10. The zero-order valence-corrected chi connectivity index (χ0v) is 9.00. The van der Waals surface area contributed by atoms with Crippen molar-refractivity contribution in [3.63, 3.8) is 0 Å². The highest BCUT2D eigenvalue weighted by atomic mass is 19.4. The van der Waals surface area contributed by atoms with Gasteiger partial charge in [-0.3, -0.25) is 4.90 Å². The highest BCUT2D eigenvalue weighted by Crippen LogP contribution is 2.16. The van der Waals surface area contributed by atoms with Crippen LogP contribution in [0.1, 0.15) is 6.42 Å². The highest BCUT2D eigenvalue weighted by Gasteiger charge is 2.30. The molecule has 16 heavy (non-hydrogen) atoms. The maximum atomic E-state index is 12.1.